The molecule has 0 radical (unpaired) electrons. The Morgan fingerprint density at radius 3 is 2.70 bits per heavy atom. The van der Waals surface area contributed by atoms with Crippen molar-refractivity contribution in [1.82, 2.24) is 4.72 Å². The smallest absolute Gasteiger partial charge is 0.240 e. The lowest BCUT2D eigenvalue weighted by Crippen LogP contribution is -2.37. The fourth-order valence-corrected chi connectivity index (χ4v) is 2.65. The van der Waals surface area contributed by atoms with Crippen LogP contribution in [-0.4, -0.2) is 21.0 Å². The van der Waals surface area contributed by atoms with Crippen LogP contribution in [0.3, 0.4) is 0 Å². The molecule has 20 heavy (non-hydrogen) atoms. The molecule has 5 nitrogen and oxygen atoms in total. The monoisotopic (exact) mass is 321 g/mol. The highest BCUT2D eigenvalue weighted by atomic mass is 35.5. The van der Waals surface area contributed by atoms with E-state index in [0.717, 1.165) is 24.6 Å². The van der Waals surface area contributed by atoms with Crippen molar-refractivity contribution in [2.45, 2.75) is 30.7 Å². The number of nitriles is 1. The van der Waals surface area contributed by atoms with Crippen LogP contribution in [0.1, 0.15) is 25.3 Å². The van der Waals surface area contributed by atoms with Gasteiger partial charge in [0.25, 0.3) is 0 Å². The lowest BCUT2D eigenvalue weighted by Gasteiger charge is -2.12. The van der Waals surface area contributed by atoms with E-state index < -0.39 is 15.8 Å². The molecule has 0 bridgehead atoms. The second-order valence-electron chi connectivity index (χ2n) is 4.15. The van der Waals surface area contributed by atoms with Crippen molar-refractivity contribution in [3.05, 3.63) is 29.6 Å². The Kier molecular flexibility index (Phi) is 7.68. The second kappa shape index (κ2) is 8.17. The van der Waals surface area contributed by atoms with Crippen molar-refractivity contribution in [2.75, 3.05) is 6.54 Å². The molecule has 0 aliphatic rings. The maximum atomic E-state index is 13.1. The minimum atomic E-state index is -3.77. The number of nitrogens with one attached hydrogen (secondary N) is 1. The van der Waals surface area contributed by atoms with Crippen molar-refractivity contribution in [3.8, 4) is 6.07 Å². The first-order valence-electron chi connectivity index (χ1n) is 5.85. The van der Waals surface area contributed by atoms with E-state index in [1.54, 1.807) is 6.07 Å². The van der Waals surface area contributed by atoms with Gasteiger partial charge < -0.3 is 5.73 Å². The summed E-state index contributed by atoms with van der Waals surface area (Å²) >= 11 is 0. The third-order valence-corrected chi connectivity index (χ3v) is 3.98. The van der Waals surface area contributed by atoms with E-state index in [1.807, 2.05) is 6.92 Å². The summed E-state index contributed by atoms with van der Waals surface area (Å²) in [4.78, 5) is -0.144. The van der Waals surface area contributed by atoms with Crippen molar-refractivity contribution in [1.29, 1.82) is 5.26 Å². The first kappa shape index (κ1) is 18.8. The summed E-state index contributed by atoms with van der Waals surface area (Å²) in [5.41, 5.74) is 5.41. The first-order valence-corrected chi connectivity index (χ1v) is 7.34. The van der Waals surface area contributed by atoms with Crippen molar-refractivity contribution in [2.24, 2.45) is 5.73 Å². The van der Waals surface area contributed by atoms with Crippen molar-refractivity contribution < 1.29 is 12.8 Å². The molecule has 0 aromatic heterocycles. The van der Waals surface area contributed by atoms with E-state index in [-0.39, 0.29) is 35.5 Å². The summed E-state index contributed by atoms with van der Waals surface area (Å²) in [5, 5.41) is 8.67. The Balaban J connectivity index is 0.00000361. The molecule has 112 valence electrons. The zero-order valence-electron chi connectivity index (χ0n) is 11.0. The van der Waals surface area contributed by atoms with Gasteiger partial charge in [0.2, 0.25) is 10.0 Å². The molecule has 0 fully saturated rings. The molecule has 0 spiro atoms. The van der Waals surface area contributed by atoms with Crippen LogP contribution in [0.25, 0.3) is 0 Å². The summed E-state index contributed by atoms with van der Waals surface area (Å²) < 4.78 is 39.3. The van der Waals surface area contributed by atoms with Gasteiger partial charge in [0.15, 0.2) is 0 Å². The molecule has 1 aromatic carbocycles. The highest BCUT2D eigenvalue weighted by Gasteiger charge is 2.17. The van der Waals surface area contributed by atoms with Gasteiger partial charge in [-0.3, -0.25) is 0 Å². The Labute approximate surface area is 124 Å². The van der Waals surface area contributed by atoms with Crippen LogP contribution < -0.4 is 10.5 Å². The van der Waals surface area contributed by atoms with Crippen LogP contribution in [0.15, 0.2) is 23.1 Å². The number of rotatable bonds is 6. The molecule has 0 heterocycles. The van der Waals surface area contributed by atoms with Crippen LogP contribution in [-0.2, 0) is 10.0 Å². The number of halogens is 2. The average Bonchev–Trinajstić information content (AvgIpc) is 2.37. The number of hydrogen-bond acceptors (Lipinski definition) is 4. The number of nitrogens with two attached hydrogens (primary N) is 1. The van der Waals surface area contributed by atoms with Crippen LogP contribution in [0.4, 0.5) is 4.39 Å². The zero-order chi connectivity index (χ0) is 14.5. The molecule has 1 aromatic rings. The van der Waals surface area contributed by atoms with E-state index in [1.165, 1.54) is 0 Å². The van der Waals surface area contributed by atoms with Crippen LogP contribution >= 0.6 is 12.4 Å². The van der Waals surface area contributed by atoms with Crippen molar-refractivity contribution >= 4 is 22.4 Å². The molecule has 0 saturated carbocycles. The summed E-state index contributed by atoms with van der Waals surface area (Å²) in [6.45, 7) is 2.06. The normalized spacial score (nSPS) is 12.3. The maximum Gasteiger partial charge on any atom is 0.240 e. The molecule has 8 heteroatoms. The van der Waals surface area contributed by atoms with E-state index in [4.69, 9.17) is 11.0 Å². The molecule has 0 saturated heterocycles. The third kappa shape index (κ3) is 5.06. The van der Waals surface area contributed by atoms with E-state index in [2.05, 4.69) is 4.72 Å². The first-order chi connectivity index (χ1) is 8.90. The van der Waals surface area contributed by atoms with Gasteiger partial charge in [-0.1, -0.05) is 13.3 Å². The Bertz CT molecular complexity index is 587. The summed E-state index contributed by atoms with van der Waals surface area (Å²) in [7, 11) is -3.77. The van der Waals surface area contributed by atoms with Gasteiger partial charge in [0.1, 0.15) is 11.9 Å². The Morgan fingerprint density at radius 1 is 1.50 bits per heavy atom. The van der Waals surface area contributed by atoms with Crippen LogP contribution in [0.2, 0.25) is 0 Å². The van der Waals surface area contributed by atoms with Crippen LogP contribution in [0.5, 0.6) is 0 Å². The molecule has 3 N–H and O–H groups in total. The van der Waals surface area contributed by atoms with Gasteiger partial charge in [-0.15, -0.1) is 12.4 Å². The topological polar surface area (TPSA) is 96.0 Å². The molecule has 0 aliphatic heterocycles. The second-order valence-corrected chi connectivity index (χ2v) is 5.92. The quantitative estimate of drug-likeness (QED) is 0.830. The summed E-state index contributed by atoms with van der Waals surface area (Å²) in [6.07, 6.45) is 1.56. The van der Waals surface area contributed by atoms with Gasteiger partial charge in [-0.05, 0) is 24.6 Å². The van der Waals surface area contributed by atoms with E-state index >= 15 is 0 Å². The highest BCUT2D eigenvalue weighted by molar-refractivity contribution is 7.89. The average molecular weight is 322 g/mol. The fourth-order valence-electron chi connectivity index (χ4n) is 1.53. The number of sulfonamides is 1. The molecule has 0 amide bonds. The number of hydrogen-bond donors (Lipinski definition) is 2. The SMILES string of the molecule is CCCC(N)CNS(=O)(=O)c1ccc(F)c(C#N)c1.Cl. The van der Waals surface area contributed by atoms with Gasteiger partial charge in [-0.2, -0.15) is 5.26 Å². The molecule has 0 aliphatic carbocycles. The molecule has 1 unspecified atom stereocenters. The minimum absolute atomic E-state index is 0. The zero-order valence-corrected chi connectivity index (χ0v) is 12.6. The largest absolute Gasteiger partial charge is 0.327 e. The minimum Gasteiger partial charge on any atom is -0.327 e. The lowest BCUT2D eigenvalue weighted by molar-refractivity contribution is 0.552. The van der Waals surface area contributed by atoms with Gasteiger partial charge in [0, 0.05) is 12.6 Å². The number of nitrogens with zero attached hydrogens (tertiary/aromatic N) is 1. The predicted octanol–water partition coefficient (Wildman–Crippen LogP) is 1.52. The van der Waals surface area contributed by atoms with E-state index in [0.29, 0.717) is 6.42 Å². The Hall–Kier alpha value is -1.20. The number of benzene rings is 1. The third-order valence-electron chi connectivity index (χ3n) is 2.56. The molecule has 1 atom stereocenters. The lowest BCUT2D eigenvalue weighted by atomic mass is 10.2. The van der Waals surface area contributed by atoms with Gasteiger partial charge in [-0.25, -0.2) is 17.5 Å². The fraction of sp³-hybridized carbons (Fsp3) is 0.417. The van der Waals surface area contributed by atoms with E-state index in [9.17, 15) is 12.8 Å². The highest BCUT2D eigenvalue weighted by Crippen LogP contribution is 2.14. The van der Waals surface area contributed by atoms with Gasteiger partial charge in [0.05, 0.1) is 10.5 Å². The summed E-state index contributed by atoms with van der Waals surface area (Å²) in [6, 6.07) is 4.41. The van der Waals surface area contributed by atoms with Crippen LogP contribution in [0, 0.1) is 17.1 Å². The standard InChI is InChI=1S/C12H16FN3O2S.ClH/c1-2-3-10(15)8-16-19(17,18)11-4-5-12(13)9(6-11)7-14;/h4-6,10,16H,2-3,8,15H2,1H3;1H. The van der Waals surface area contributed by atoms with Gasteiger partial charge >= 0.3 is 0 Å². The Morgan fingerprint density at radius 2 is 2.15 bits per heavy atom. The predicted molar refractivity (Wildman–Crippen MR) is 76.4 cm³/mol. The maximum absolute atomic E-state index is 13.1. The summed E-state index contributed by atoms with van der Waals surface area (Å²) in [5.74, 6) is -0.746. The molecule has 1 rings (SSSR count). The molecular weight excluding hydrogens is 305 g/mol. The van der Waals surface area contributed by atoms with Crippen molar-refractivity contribution in [3.63, 3.8) is 0 Å². The molecular formula is C12H17ClFN3O2S.